The number of nitrogens with zero attached hydrogens (tertiary/aromatic N) is 1. The number of rotatable bonds is 7. The van der Waals surface area contributed by atoms with Gasteiger partial charge in [-0.15, -0.1) is 0 Å². The molecule has 0 aromatic heterocycles. The Hall–Kier alpha value is -2.03. The number of hydrogen-bond donors (Lipinski definition) is 1. The van der Waals surface area contributed by atoms with E-state index in [2.05, 4.69) is 25.4 Å². The van der Waals surface area contributed by atoms with Crippen molar-refractivity contribution in [2.24, 2.45) is 0 Å². The maximum atomic E-state index is 12.6. The van der Waals surface area contributed by atoms with Gasteiger partial charge in [-0.05, 0) is 50.0 Å². The molecule has 3 heteroatoms. The fourth-order valence-electron chi connectivity index (χ4n) is 2.40. The molecule has 0 radical (unpaired) electrons. The number of allylic oxidation sites excluding steroid dienone is 4. The van der Waals surface area contributed by atoms with Crippen LogP contribution in [-0.2, 0) is 4.79 Å². The zero-order chi connectivity index (χ0) is 16.7. The SMILES string of the molecule is C=CC1=CC(C)=CN(C(C(=O)NCCCCC)=C(C)C)C1=C. The van der Waals surface area contributed by atoms with Crippen molar-refractivity contribution in [2.45, 2.75) is 47.0 Å². The van der Waals surface area contributed by atoms with Crippen LogP contribution in [0.1, 0.15) is 47.0 Å². The summed E-state index contributed by atoms with van der Waals surface area (Å²) in [5.41, 5.74) is 4.40. The minimum Gasteiger partial charge on any atom is -0.351 e. The molecule has 0 bridgehead atoms. The molecule has 1 rings (SSSR count). The third kappa shape index (κ3) is 4.48. The molecule has 1 aliphatic heterocycles. The van der Waals surface area contributed by atoms with Crippen LogP contribution < -0.4 is 5.32 Å². The molecule has 0 fully saturated rings. The second-order valence-electron chi connectivity index (χ2n) is 5.81. The van der Waals surface area contributed by atoms with Gasteiger partial charge in [0.05, 0.1) is 0 Å². The van der Waals surface area contributed by atoms with Crippen molar-refractivity contribution in [2.75, 3.05) is 6.54 Å². The van der Waals surface area contributed by atoms with Gasteiger partial charge in [0.15, 0.2) is 0 Å². The molecular formula is C19H28N2O. The Balaban J connectivity index is 2.96. The van der Waals surface area contributed by atoms with E-state index in [9.17, 15) is 4.79 Å². The van der Waals surface area contributed by atoms with Crippen LogP contribution in [-0.4, -0.2) is 17.4 Å². The molecule has 0 unspecified atom stereocenters. The molecule has 22 heavy (non-hydrogen) atoms. The lowest BCUT2D eigenvalue weighted by Crippen LogP contribution is -2.34. The van der Waals surface area contributed by atoms with E-state index < -0.39 is 0 Å². The van der Waals surface area contributed by atoms with Gasteiger partial charge in [0.1, 0.15) is 5.70 Å². The molecule has 120 valence electrons. The van der Waals surface area contributed by atoms with Gasteiger partial charge in [-0.2, -0.15) is 0 Å². The van der Waals surface area contributed by atoms with Crippen LogP contribution in [0.25, 0.3) is 0 Å². The van der Waals surface area contributed by atoms with E-state index in [-0.39, 0.29) is 5.91 Å². The largest absolute Gasteiger partial charge is 0.351 e. The van der Waals surface area contributed by atoms with Crippen LogP contribution in [0, 0.1) is 0 Å². The van der Waals surface area contributed by atoms with Gasteiger partial charge >= 0.3 is 0 Å². The quantitative estimate of drug-likeness (QED) is 0.557. The molecule has 0 spiro atoms. The molecular weight excluding hydrogens is 272 g/mol. The maximum Gasteiger partial charge on any atom is 0.268 e. The predicted octanol–water partition coefficient (Wildman–Crippen LogP) is 4.43. The van der Waals surface area contributed by atoms with Crippen LogP contribution in [0.2, 0.25) is 0 Å². The number of unbranched alkanes of at least 4 members (excludes halogenated alkanes) is 2. The zero-order valence-corrected chi connectivity index (χ0v) is 14.3. The standard InChI is InChI=1S/C19H28N2O/c1-7-9-10-11-20-19(22)18(14(3)4)21-13-15(5)12-17(8-2)16(21)6/h8,12-13H,2,6-7,9-11H2,1,3-5H3,(H,20,22). The lowest BCUT2D eigenvalue weighted by atomic mass is 10.0. The zero-order valence-electron chi connectivity index (χ0n) is 14.3. The van der Waals surface area contributed by atoms with Gasteiger partial charge in [0.25, 0.3) is 5.91 Å². The summed E-state index contributed by atoms with van der Waals surface area (Å²) in [4.78, 5) is 14.4. The number of carbonyl (C=O) groups is 1. The van der Waals surface area contributed by atoms with E-state index in [4.69, 9.17) is 0 Å². The lowest BCUT2D eigenvalue weighted by Gasteiger charge is -2.30. The predicted molar refractivity (Wildman–Crippen MR) is 93.9 cm³/mol. The number of amides is 1. The summed E-state index contributed by atoms with van der Waals surface area (Å²) < 4.78 is 0. The molecule has 0 atom stereocenters. The third-order valence-corrected chi connectivity index (χ3v) is 3.56. The molecule has 1 heterocycles. The summed E-state index contributed by atoms with van der Waals surface area (Å²) in [6.07, 6.45) is 9.02. The first-order valence-electron chi connectivity index (χ1n) is 7.89. The molecule has 1 aliphatic rings. The highest BCUT2D eigenvalue weighted by Crippen LogP contribution is 2.28. The first-order valence-corrected chi connectivity index (χ1v) is 7.89. The van der Waals surface area contributed by atoms with Crippen molar-refractivity contribution in [1.82, 2.24) is 10.2 Å². The average molecular weight is 300 g/mol. The Kier molecular flexibility index (Phi) is 6.90. The van der Waals surface area contributed by atoms with Gasteiger partial charge in [-0.25, -0.2) is 0 Å². The number of nitrogens with one attached hydrogen (secondary N) is 1. The van der Waals surface area contributed by atoms with Gasteiger partial charge < -0.3 is 10.2 Å². The van der Waals surface area contributed by atoms with Crippen molar-refractivity contribution < 1.29 is 4.79 Å². The molecule has 3 nitrogen and oxygen atoms in total. The summed E-state index contributed by atoms with van der Waals surface area (Å²) in [6, 6.07) is 0. The average Bonchev–Trinajstić information content (AvgIpc) is 2.46. The Morgan fingerprint density at radius 2 is 2.05 bits per heavy atom. The monoisotopic (exact) mass is 300 g/mol. The Morgan fingerprint density at radius 3 is 2.59 bits per heavy atom. The molecule has 0 aromatic carbocycles. The second kappa shape index (κ2) is 8.42. The van der Waals surface area contributed by atoms with Crippen LogP contribution >= 0.6 is 0 Å². The minimum atomic E-state index is -0.0494. The molecule has 0 saturated carbocycles. The van der Waals surface area contributed by atoms with E-state index in [1.54, 1.807) is 6.08 Å². The summed E-state index contributed by atoms with van der Waals surface area (Å²) >= 11 is 0. The van der Waals surface area contributed by atoms with Crippen LogP contribution in [0.15, 0.2) is 59.6 Å². The molecule has 1 N–H and O–H groups in total. The summed E-state index contributed by atoms with van der Waals surface area (Å²) in [5, 5.41) is 3.01. The third-order valence-electron chi connectivity index (χ3n) is 3.56. The Morgan fingerprint density at radius 1 is 1.36 bits per heavy atom. The Labute approximate surface area is 134 Å². The van der Waals surface area contributed by atoms with E-state index in [0.717, 1.165) is 41.7 Å². The van der Waals surface area contributed by atoms with Gasteiger partial charge in [0, 0.05) is 18.4 Å². The van der Waals surface area contributed by atoms with Crippen molar-refractivity contribution in [3.8, 4) is 0 Å². The highest BCUT2D eigenvalue weighted by molar-refractivity contribution is 5.94. The summed E-state index contributed by atoms with van der Waals surface area (Å²) in [7, 11) is 0. The smallest absolute Gasteiger partial charge is 0.268 e. The fraction of sp³-hybridized carbons (Fsp3) is 0.421. The molecule has 0 aliphatic carbocycles. The first-order chi connectivity index (χ1) is 10.4. The lowest BCUT2D eigenvalue weighted by molar-refractivity contribution is -0.118. The maximum absolute atomic E-state index is 12.6. The van der Waals surface area contributed by atoms with Crippen LogP contribution in [0.4, 0.5) is 0 Å². The van der Waals surface area contributed by atoms with E-state index >= 15 is 0 Å². The van der Waals surface area contributed by atoms with Crippen LogP contribution in [0.5, 0.6) is 0 Å². The first kappa shape index (κ1) is 18.0. The topological polar surface area (TPSA) is 32.3 Å². The molecule has 1 amide bonds. The highest BCUT2D eigenvalue weighted by atomic mass is 16.2. The Bertz CT molecular complexity index is 546. The molecule has 0 saturated heterocycles. The number of carbonyl (C=O) groups excluding carboxylic acids is 1. The summed E-state index contributed by atoms with van der Waals surface area (Å²) in [6.45, 7) is 16.7. The minimum absolute atomic E-state index is 0.0494. The number of hydrogen-bond acceptors (Lipinski definition) is 2. The van der Waals surface area contributed by atoms with E-state index in [0.29, 0.717) is 12.2 Å². The molecule has 0 aromatic rings. The van der Waals surface area contributed by atoms with Gasteiger partial charge in [-0.1, -0.05) is 39.0 Å². The summed E-state index contributed by atoms with van der Waals surface area (Å²) in [5.74, 6) is -0.0494. The van der Waals surface area contributed by atoms with Crippen molar-refractivity contribution in [3.63, 3.8) is 0 Å². The second-order valence-corrected chi connectivity index (χ2v) is 5.81. The van der Waals surface area contributed by atoms with E-state index in [1.165, 1.54) is 0 Å². The van der Waals surface area contributed by atoms with Crippen molar-refractivity contribution in [3.05, 3.63) is 59.6 Å². The van der Waals surface area contributed by atoms with Crippen LogP contribution in [0.3, 0.4) is 0 Å². The fourth-order valence-corrected chi connectivity index (χ4v) is 2.40. The van der Waals surface area contributed by atoms with Crippen molar-refractivity contribution >= 4 is 5.91 Å². The van der Waals surface area contributed by atoms with E-state index in [1.807, 2.05) is 37.9 Å². The normalized spacial score (nSPS) is 14.2. The van der Waals surface area contributed by atoms with Crippen molar-refractivity contribution in [1.29, 1.82) is 0 Å². The van der Waals surface area contributed by atoms with Gasteiger partial charge in [-0.3, -0.25) is 4.79 Å². The van der Waals surface area contributed by atoms with Gasteiger partial charge in [0.2, 0.25) is 0 Å². The highest BCUT2D eigenvalue weighted by Gasteiger charge is 2.23.